The maximum absolute atomic E-state index is 6.01. The molecule has 2 heterocycles. The summed E-state index contributed by atoms with van der Waals surface area (Å²) in [5.74, 6) is 0.244. The number of nitrogens with zero attached hydrogens (tertiary/aromatic N) is 1. The number of aromatic nitrogens is 1. The molecule has 0 atom stereocenters. The van der Waals surface area contributed by atoms with Crippen LogP contribution < -0.4 is 11.5 Å². The molecule has 4 nitrogen and oxygen atoms in total. The minimum Gasteiger partial charge on any atom is -0.437 e. The van der Waals surface area contributed by atoms with Crippen LogP contribution in [-0.2, 0) is 0 Å². The lowest BCUT2D eigenvalue weighted by Crippen LogP contribution is -1.92. The van der Waals surface area contributed by atoms with Crippen molar-refractivity contribution in [2.45, 2.75) is 13.8 Å². The highest BCUT2D eigenvalue weighted by Crippen LogP contribution is 2.38. The number of hydrogen-bond acceptors (Lipinski definition) is 4. The first-order chi connectivity index (χ1) is 9.08. The summed E-state index contributed by atoms with van der Waals surface area (Å²) in [6.45, 7) is 4.14. The molecule has 4 N–H and O–H groups in total. The quantitative estimate of drug-likeness (QED) is 0.697. The first kappa shape index (κ1) is 11.6. The molecule has 0 radical (unpaired) electrons. The minimum atomic E-state index is 0.244. The smallest absolute Gasteiger partial charge is 0.214 e. The summed E-state index contributed by atoms with van der Waals surface area (Å²) >= 11 is 0. The van der Waals surface area contributed by atoms with Crippen LogP contribution in [0.15, 0.2) is 35.0 Å². The maximum atomic E-state index is 6.01. The van der Waals surface area contributed by atoms with Crippen molar-refractivity contribution in [3.8, 4) is 11.1 Å². The van der Waals surface area contributed by atoms with Crippen molar-refractivity contribution in [3.05, 3.63) is 41.7 Å². The number of nitrogens with two attached hydrogens (primary N) is 2. The fourth-order valence-electron chi connectivity index (χ4n) is 2.41. The van der Waals surface area contributed by atoms with Gasteiger partial charge in [-0.3, -0.25) is 4.98 Å². The zero-order valence-corrected chi connectivity index (χ0v) is 10.9. The first-order valence-electron chi connectivity index (χ1n) is 6.07. The highest BCUT2D eigenvalue weighted by atomic mass is 16.3. The van der Waals surface area contributed by atoms with Crippen molar-refractivity contribution in [2.75, 3.05) is 11.5 Å². The topological polar surface area (TPSA) is 78.1 Å². The molecule has 0 saturated heterocycles. The lowest BCUT2D eigenvalue weighted by Gasteiger charge is -2.08. The van der Waals surface area contributed by atoms with Crippen LogP contribution in [-0.4, -0.2) is 4.98 Å². The molecule has 0 aliphatic rings. The number of pyridine rings is 1. The molecule has 3 aromatic rings. The molecule has 0 spiro atoms. The van der Waals surface area contributed by atoms with Crippen LogP contribution in [0.5, 0.6) is 0 Å². The summed E-state index contributed by atoms with van der Waals surface area (Å²) in [6.07, 6.45) is 3.43. The molecule has 0 fully saturated rings. The Morgan fingerprint density at radius 2 is 1.84 bits per heavy atom. The number of nitrogen functional groups attached to an aromatic ring is 2. The van der Waals surface area contributed by atoms with Gasteiger partial charge in [0.1, 0.15) is 5.69 Å². The lowest BCUT2D eigenvalue weighted by molar-refractivity contribution is 0.637. The fourth-order valence-corrected chi connectivity index (χ4v) is 2.41. The molecule has 1 aromatic carbocycles. The molecule has 0 aliphatic carbocycles. The molecular weight excluding hydrogens is 238 g/mol. The van der Waals surface area contributed by atoms with Crippen molar-refractivity contribution in [1.82, 2.24) is 4.98 Å². The van der Waals surface area contributed by atoms with Crippen molar-refractivity contribution in [3.63, 3.8) is 0 Å². The Morgan fingerprint density at radius 3 is 2.58 bits per heavy atom. The number of anilines is 2. The molecule has 0 aliphatic heterocycles. The van der Waals surface area contributed by atoms with Crippen molar-refractivity contribution >= 4 is 22.5 Å². The second-order valence-electron chi connectivity index (χ2n) is 4.76. The minimum absolute atomic E-state index is 0.244. The SMILES string of the molecule is Cc1ccc(-c2cncc3oc(N)c(N)c23)c(C)c1. The number of furan rings is 1. The van der Waals surface area contributed by atoms with E-state index in [0.717, 1.165) is 16.5 Å². The van der Waals surface area contributed by atoms with Gasteiger partial charge in [0.2, 0.25) is 5.88 Å². The van der Waals surface area contributed by atoms with E-state index in [9.17, 15) is 0 Å². The Balaban J connectivity index is 2.36. The number of fused-ring (bicyclic) bond motifs is 1. The van der Waals surface area contributed by atoms with Gasteiger partial charge in [0.25, 0.3) is 0 Å². The molecule has 0 unspecified atom stereocenters. The molecule has 3 rings (SSSR count). The van der Waals surface area contributed by atoms with Crippen LogP contribution in [0.2, 0.25) is 0 Å². The van der Waals surface area contributed by atoms with Crippen LogP contribution in [0.1, 0.15) is 11.1 Å². The fraction of sp³-hybridized carbons (Fsp3) is 0.133. The van der Waals surface area contributed by atoms with Crippen LogP contribution in [0.3, 0.4) is 0 Å². The van der Waals surface area contributed by atoms with Gasteiger partial charge < -0.3 is 15.9 Å². The third-order valence-electron chi connectivity index (χ3n) is 3.34. The summed E-state index contributed by atoms with van der Waals surface area (Å²) in [7, 11) is 0. The molecular formula is C15H15N3O. The monoisotopic (exact) mass is 253 g/mol. The van der Waals surface area contributed by atoms with Gasteiger partial charge in [-0.1, -0.05) is 23.8 Å². The van der Waals surface area contributed by atoms with Gasteiger partial charge in [-0.25, -0.2) is 0 Å². The van der Waals surface area contributed by atoms with E-state index in [1.165, 1.54) is 11.1 Å². The van der Waals surface area contributed by atoms with E-state index in [2.05, 4.69) is 37.0 Å². The second-order valence-corrected chi connectivity index (χ2v) is 4.76. The third kappa shape index (κ3) is 1.73. The summed E-state index contributed by atoms with van der Waals surface area (Å²) in [5, 5.41) is 0.833. The van der Waals surface area contributed by atoms with E-state index >= 15 is 0 Å². The number of rotatable bonds is 1. The number of aryl methyl sites for hydroxylation is 2. The zero-order chi connectivity index (χ0) is 13.6. The van der Waals surface area contributed by atoms with E-state index in [1.807, 2.05) is 0 Å². The highest BCUT2D eigenvalue weighted by Gasteiger charge is 2.15. The van der Waals surface area contributed by atoms with Gasteiger partial charge in [-0.05, 0) is 25.0 Å². The van der Waals surface area contributed by atoms with Crippen LogP contribution >= 0.6 is 0 Å². The van der Waals surface area contributed by atoms with Crippen LogP contribution in [0.25, 0.3) is 22.1 Å². The van der Waals surface area contributed by atoms with Gasteiger partial charge in [0.05, 0.1) is 11.6 Å². The van der Waals surface area contributed by atoms with E-state index in [4.69, 9.17) is 15.9 Å². The van der Waals surface area contributed by atoms with Crippen molar-refractivity contribution in [2.24, 2.45) is 0 Å². The highest BCUT2D eigenvalue weighted by molar-refractivity contribution is 6.05. The summed E-state index contributed by atoms with van der Waals surface area (Å²) in [5.41, 5.74) is 17.3. The van der Waals surface area contributed by atoms with Gasteiger partial charge in [0.15, 0.2) is 5.58 Å². The van der Waals surface area contributed by atoms with E-state index in [-0.39, 0.29) is 5.88 Å². The second kappa shape index (κ2) is 4.02. The van der Waals surface area contributed by atoms with Crippen molar-refractivity contribution in [1.29, 1.82) is 0 Å². The summed E-state index contributed by atoms with van der Waals surface area (Å²) < 4.78 is 5.41. The molecule has 19 heavy (non-hydrogen) atoms. The summed E-state index contributed by atoms with van der Waals surface area (Å²) in [4.78, 5) is 4.20. The average molecular weight is 253 g/mol. The van der Waals surface area contributed by atoms with E-state index in [1.54, 1.807) is 12.4 Å². The van der Waals surface area contributed by atoms with Crippen molar-refractivity contribution < 1.29 is 4.42 Å². The maximum Gasteiger partial charge on any atom is 0.214 e. The predicted octanol–water partition coefficient (Wildman–Crippen LogP) is 3.28. The number of benzene rings is 1. The predicted molar refractivity (Wildman–Crippen MR) is 77.7 cm³/mol. The molecule has 0 bridgehead atoms. The molecule has 96 valence electrons. The normalized spacial score (nSPS) is 11.1. The average Bonchev–Trinajstić information content (AvgIpc) is 2.65. The van der Waals surface area contributed by atoms with Crippen LogP contribution in [0.4, 0.5) is 11.6 Å². The Morgan fingerprint density at radius 1 is 1.05 bits per heavy atom. The largest absolute Gasteiger partial charge is 0.437 e. The Kier molecular flexibility index (Phi) is 2.45. The van der Waals surface area contributed by atoms with Gasteiger partial charge in [-0.15, -0.1) is 0 Å². The Bertz CT molecular complexity index is 774. The molecule has 4 heteroatoms. The summed E-state index contributed by atoms with van der Waals surface area (Å²) in [6, 6.07) is 6.28. The van der Waals surface area contributed by atoms with Crippen LogP contribution in [0, 0.1) is 13.8 Å². The molecule has 0 amide bonds. The standard InChI is InChI=1S/C15H15N3O/c1-8-3-4-10(9(2)5-8)11-6-18-7-12-13(11)14(16)15(17)19-12/h3-7H,16-17H2,1-2H3. The first-order valence-corrected chi connectivity index (χ1v) is 6.07. The van der Waals surface area contributed by atoms with Gasteiger partial charge >= 0.3 is 0 Å². The Hall–Kier alpha value is -2.49. The zero-order valence-electron chi connectivity index (χ0n) is 10.9. The van der Waals surface area contributed by atoms with Gasteiger partial charge in [0, 0.05) is 11.8 Å². The van der Waals surface area contributed by atoms with Gasteiger partial charge in [-0.2, -0.15) is 0 Å². The van der Waals surface area contributed by atoms with E-state index in [0.29, 0.717) is 11.3 Å². The molecule has 2 aromatic heterocycles. The van der Waals surface area contributed by atoms with E-state index < -0.39 is 0 Å². The Labute approximate surface area is 111 Å². The third-order valence-corrected chi connectivity index (χ3v) is 3.34. The number of hydrogen-bond donors (Lipinski definition) is 2. The molecule has 0 saturated carbocycles. The lowest BCUT2D eigenvalue weighted by atomic mass is 9.97.